The van der Waals surface area contributed by atoms with Gasteiger partial charge in [0, 0.05) is 5.75 Å². The molecule has 0 spiro atoms. The van der Waals surface area contributed by atoms with Crippen LogP contribution in [0.4, 0.5) is 0 Å². The van der Waals surface area contributed by atoms with E-state index >= 15 is 0 Å². The minimum Gasteiger partial charge on any atom is -0.465 e. The normalized spacial score (nSPS) is 15.1. The van der Waals surface area contributed by atoms with Crippen LogP contribution in [-0.2, 0) is 19.1 Å². The van der Waals surface area contributed by atoms with Gasteiger partial charge >= 0.3 is 11.9 Å². The van der Waals surface area contributed by atoms with Crippen LogP contribution >= 0.6 is 11.8 Å². The molecule has 1 aliphatic rings. The summed E-state index contributed by atoms with van der Waals surface area (Å²) in [5, 5.41) is 0. The Labute approximate surface area is 86.6 Å². The van der Waals surface area contributed by atoms with Crippen LogP contribution in [-0.4, -0.2) is 37.7 Å². The monoisotopic (exact) mass is 216 g/mol. The highest BCUT2D eigenvalue weighted by Crippen LogP contribution is 2.26. The summed E-state index contributed by atoms with van der Waals surface area (Å²) in [7, 11) is 2.52. The Hall–Kier alpha value is -0.970. The van der Waals surface area contributed by atoms with Crippen molar-refractivity contribution < 1.29 is 19.1 Å². The lowest BCUT2D eigenvalue weighted by atomic mass is 10.1. The predicted molar refractivity (Wildman–Crippen MR) is 53.0 cm³/mol. The molecule has 1 saturated heterocycles. The van der Waals surface area contributed by atoms with Crippen LogP contribution in [0.15, 0.2) is 11.1 Å². The Morgan fingerprint density at radius 1 is 1.21 bits per heavy atom. The molecule has 1 aliphatic heterocycles. The van der Waals surface area contributed by atoms with Gasteiger partial charge in [-0.1, -0.05) is 0 Å². The number of hydrogen-bond acceptors (Lipinski definition) is 5. The summed E-state index contributed by atoms with van der Waals surface area (Å²) < 4.78 is 9.08. The van der Waals surface area contributed by atoms with E-state index in [4.69, 9.17) is 0 Å². The molecule has 0 aromatic heterocycles. The summed E-state index contributed by atoms with van der Waals surface area (Å²) in [6.45, 7) is 0. The zero-order chi connectivity index (χ0) is 10.6. The summed E-state index contributed by atoms with van der Waals surface area (Å²) in [5.41, 5.74) is 0.897. The first-order valence-corrected chi connectivity index (χ1v) is 5.32. The molecule has 0 radical (unpaired) electrons. The first-order chi connectivity index (χ1) is 6.70. The van der Waals surface area contributed by atoms with Crippen molar-refractivity contribution >= 4 is 23.7 Å². The molecule has 0 aromatic carbocycles. The van der Waals surface area contributed by atoms with E-state index in [9.17, 15) is 9.59 Å². The van der Waals surface area contributed by atoms with Crippen LogP contribution in [0.3, 0.4) is 0 Å². The molecular weight excluding hydrogens is 204 g/mol. The van der Waals surface area contributed by atoms with Gasteiger partial charge in [0.05, 0.1) is 14.2 Å². The lowest BCUT2D eigenvalue weighted by Gasteiger charge is -2.06. The molecular formula is C9H12O4S. The van der Waals surface area contributed by atoms with E-state index in [1.54, 1.807) is 11.8 Å². The average Bonchev–Trinajstić information content (AvgIpc) is 2.70. The molecule has 0 bridgehead atoms. The third-order valence-corrected chi connectivity index (χ3v) is 3.00. The van der Waals surface area contributed by atoms with Gasteiger partial charge in [-0.2, -0.15) is 11.8 Å². The predicted octanol–water partition coefficient (Wildman–Crippen LogP) is 0.766. The van der Waals surface area contributed by atoms with Gasteiger partial charge in [0.2, 0.25) is 0 Å². The quantitative estimate of drug-likeness (QED) is 0.295. The minimum absolute atomic E-state index is 0.0694. The van der Waals surface area contributed by atoms with E-state index < -0.39 is 11.9 Å². The molecule has 5 heteroatoms. The van der Waals surface area contributed by atoms with Crippen LogP contribution in [0.25, 0.3) is 0 Å². The maximum Gasteiger partial charge on any atom is 0.345 e. The molecule has 1 heterocycles. The van der Waals surface area contributed by atoms with Gasteiger partial charge in [-0.05, 0) is 17.7 Å². The molecule has 0 aliphatic carbocycles. The molecule has 14 heavy (non-hydrogen) atoms. The van der Waals surface area contributed by atoms with E-state index in [1.807, 2.05) is 0 Å². The molecule has 0 atom stereocenters. The summed E-state index contributed by atoms with van der Waals surface area (Å²) in [5.74, 6) is 0.440. The first kappa shape index (κ1) is 11.1. The number of thioether (sulfide) groups is 1. The lowest BCUT2D eigenvalue weighted by Crippen LogP contribution is -2.18. The molecule has 0 saturated carbocycles. The van der Waals surface area contributed by atoms with Gasteiger partial charge in [0.1, 0.15) is 5.57 Å². The number of carbonyl (C=O) groups excluding carboxylic acids is 2. The van der Waals surface area contributed by atoms with Crippen LogP contribution < -0.4 is 0 Å². The lowest BCUT2D eigenvalue weighted by molar-refractivity contribution is -0.144. The number of rotatable bonds is 2. The largest absolute Gasteiger partial charge is 0.465 e. The summed E-state index contributed by atoms with van der Waals surface area (Å²) in [4.78, 5) is 22.6. The topological polar surface area (TPSA) is 52.6 Å². The number of ether oxygens (including phenoxy) is 2. The van der Waals surface area contributed by atoms with Crippen LogP contribution in [0.2, 0.25) is 0 Å². The fourth-order valence-corrected chi connectivity index (χ4v) is 2.31. The van der Waals surface area contributed by atoms with Gasteiger partial charge < -0.3 is 9.47 Å². The Balaban J connectivity index is 2.97. The smallest absolute Gasteiger partial charge is 0.345 e. The van der Waals surface area contributed by atoms with Crippen LogP contribution in [0, 0.1) is 0 Å². The molecule has 0 amide bonds. The number of methoxy groups -OCH3 is 2. The van der Waals surface area contributed by atoms with E-state index in [0.29, 0.717) is 5.75 Å². The SMILES string of the molecule is COC(=O)C(C(=O)OC)=C1CCSC1. The van der Waals surface area contributed by atoms with E-state index in [2.05, 4.69) is 9.47 Å². The molecule has 4 nitrogen and oxygen atoms in total. The van der Waals surface area contributed by atoms with Crippen molar-refractivity contribution in [2.45, 2.75) is 6.42 Å². The van der Waals surface area contributed by atoms with Crippen molar-refractivity contribution in [3.8, 4) is 0 Å². The maximum atomic E-state index is 11.3. The van der Waals surface area contributed by atoms with Gasteiger partial charge in [0.25, 0.3) is 0 Å². The Kier molecular flexibility index (Phi) is 4.00. The Morgan fingerprint density at radius 2 is 1.79 bits per heavy atom. The first-order valence-electron chi connectivity index (χ1n) is 4.17. The highest BCUT2D eigenvalue weighted by atomic mass is 32.2. The second-order valence-electron chi connectivity index (χ2n) is 2.76. The van der Waals surface area contributed by atoms with Crippen molar-refractivity contribution in [2.24, 2.45) is 0 Å². The van der Waals surface area contributed by atoms with Crippen molar-refractivity contribution in [1.29, 1.82) is 0 Å². The Bertz CT molecular complexity index is 257. The molecule has 0 aromatic rings. The van der Waals surface area contributed by atoms with E-state index in [1.165, 1.54) is 14.2 Å². The third-order valence-electron chi connectivity index (χ3n) is 1.96. The summed E-state index contributed by atoms with van der Waals surface area (Å²) >= 11 is 1.69. The van der Waals surface area contributed by atoms with Crippen molar-refractivity contribution in [3.63, 3.8) is 0 Å². The maximum absolute atomic E-state index is 11.3. The summed E-state index contributed by atoms with van der Waals surface area (Å²) in [6.07, 6.45) is 0.754. The van der Waals surface area contributed by atoms with Crippen LogP contribution in [0.1, 0.15) is 6.42 Å². The minimum atomic E-state index is -0.602. The molecule has 1 rings (SSSR count). The number of hydrogen-bond donors (Lipinski definition) is 0. The zero-order valence-corrected chi connectivity index (χ0v) is 8.98. The second-order valence-corrected chi connectivity index (χ2v) is 3.87. The van der Waals surface area contributed by atoms with Gasteiger partial charge in [-0.15, -0.1) is 0 Å². The molecule has 1 fully saturated rings. The fraction of sp³-hybridized carbons (Fsp3) is 0.556. The van der Waals surface area contributed by atoms with Crippen molar-refractivity contribution in [3.05, 3.63) is 11.1 Å². The highest BCUT2D eigenvalue weighted by molar-refractivity contribution is 7.99. The fourth-order valence-electron chi connectivity index (χ4n) is 1.24. The standard InChI is InChI=1S/C9H12O4S/c1-12-8(10)7(9(11)13-2)6-3-4-14-5-6/h3-5H2,1-2H3. The average molecular weight is 216 g/mol. The molecule has 78 valence electrons. The second kappa shape index (κ2) is 5.05. The third kappa shape index (κ3) is 2.29. The molecule has 0 N–H and O–H groups in total. The Morgan fingerprint density at radius 3 is 2.14 bits per heavy atom. The van der Waals surface area contributed by atoms with Gasteiger partial charge in [-0.3, -0.25) is 0 Å². The van der Waals surface area contributed by atoms with E-state index in [-0.39, 0.29) is 5.57 Å². The van der Waals surface area contributed by atoms with Crippen molar-refractivity contribution in [1.82, 2.24) is 0 Å². The summed E-state index contributed by atoms with van der Waals surface area (Å²) in [6, 6.07) is 0. The van der Waals surface area contributed by atoms with Gasteiger partial charge in [0.15, 0.2) is 0 Å². The number of esters is 2. The van der Waals surface area contributed by atoms with Crippen LogP contribution in [0.5, 0.6) is 0 Å². The molecule has 0 unspecified atom stereocenters. The highest BCUT2D eigenvalue weighted by Gasteiger charge is 2.26. The zero-order valence-electron chi connectivity index (χ0n) is 8.16. The van der Waals surface area contributed by atoms with E-state index in [0.717, 1.165) is 17.7 Å². The van der Waals surface area contributed by atoms with Gasteiger partial charge in [-0.25, -0.2) is 9.59 Å². The number of carbonyl (C=O) groups is 2. The van der Waals surface area contributed by atoms with Crippen molar-refractivity contribution in [2.75, 3.05) is 25.7 Å².